The first kappa shape index (κ1) is 27.2. The van der Waals surface area contributed by atoms with Crippen molar-refractivity contribution in [1.82, 2.24) is 0 Å². The minimum Gasteiger partial charge on any atom is -0.466 e. The number of esters is 1. The molecular formula is C26H48O4. The Morgan fingerprint density at radius 1 is 1.03 bits per heavy atom. The van der Waals surface area contributed by atoms with Crippen LogP contribution in [0.5, 0.6) is 0 Å². The number of hydrogen-bond acceptors (Lipinski definition) is 4. The molecule has 0 radical (unpaired) electrons. The van der Waals surface area contributed by atoms with Crippen LogP contribution in [0.3, 0.4) is 0 Å². The van der Waals surface area contributed by atoms with E-state index in [-0.39, 0.29) is 30.0 Å². The Bertz CT molecular complexity index is 474. The molecule has 4 heteroatoms. The average Bonchev–Trinajstić information content (AvgIpc) is 3.08. The van der Waals surface area contributed by atoms with Crippen molar-refractivity contribution in [2.75, 3.05) is 6.61 Å². The van der Waals surface area contributed by atoms with E-state index in [4.69, 9.17) is 4.74 Å². The summed E-state index contributed by atoms with van der Waals surface area (Å²) in [4.78, 5) is 12.1. The summed E-state index contributed by atoms with van der Waals surface area (Å²) >= 11 is 0. The fourth-order valence-corrected chi connectivity index (χ4v) is 4.64. The van der Waals surface area contributed by atoms with Gasteiger partial charge in [0.25, 0.3) is 0 Å². The van der Waals surface area contributed by atoms with E-state index in [2.05, 4.69) is 19.9 Å². The predicted octanol–water partition coefficient (Wildman–Crippen LogP) is 6.34. The maximum absolute atomic E-state index is 12.1. The van der Waals surface area contributed by atoms with Gasteiger partial charge in [-0.2, -0.15) is 0 Å². The number of aliphatic hydroxyl groups is 2. The third-order valence-electron chi connectivity index (χ3n) is 6.56. The first-order chi connectivity index (χ1) is 14.5. The molecule has 1 fully saturated rings. The molecule has 176 valence electrons. The van der Waals surface area contributed by atoms with Crippen LogP contribution in [-0.4, -0.2) is 35.0 Å². The highest BCUT2D eigenvalue weighted by Crippen LogP contribution is 2.36. The number of ether oxygens (including phenoxy) is 1. The van der Waals surface area contributed by atoms with Crippen LogP contribution in [0.4, 0.5) is 0 Å². The minimum absolute atomic E-state index is 0.0279. The van der Waals surface area contributed by atoms with E-state index in [0.29, 0.717) is 6.61 Å². The lowest BCUT2D eigenvalue weighted by Crippen LogP contribution is -2.18. The third-order valence-corrected chi connectivity index (χ3v) is 6.56. The van der Waals surface area contributed by atoms with Crippen molar-refractivity contribution in [2.24, 2.45) is 11.8 Å². The minimum atomic E-state index is -0.245. The summed E-state index contributed by atoms with van der Waals surface area (Å²) < 4.78 is 5.24. The van der Waals surface area contributed by atoms with E-state index in [1.807, 2.05) is 6.92 Å². The second-order valence-electron chi connectivity index (χ2n) is 9.11. The predicted molar refractivity (Wildman–Crippen MR) is 124 cm³/mol. The summed E-state index contributed by atoms with van der Waals surface area (Å²) in [5.74, 6) is 0.278. The molecule has 0 bridgehead atoms. The molecule has 4 atom stereocenters. The molecule has 0 aliphatic heterocycles. The van der Waals surface area contributed by atoms with Crippen molar-refractivity contribution in [3.63, 3.8) is 0 Å². The molecule has 30 heavy (non-hydrogen) atoms. The van der Waals surface area contributed by atoms with Gasteiger partial charge in [0.1, 0.15) is 0 Å². The average molecular weight is 425 g/mol. The molecule has 0 aromatic rings. The van der Waals surface area contributed by atoms with Crippen LogP contribution < -0.4 is 0 Å². The monoisotopic (exact) mass is 424 g/mol. The number of carbonyl (C=O) groups is 1. The summed E-state index contributed by atoms with van der Waals surface area (Å²) in [5.41, 5.74) is 1.35. The van der Waals surface area contributed by atoms with Crippen LogP contribution >= 0.6 is 0 Å². The highest BCUT2D eigenvalue weighted by molar-refractivity contribution is 5.72. The topological polar surface area (TPSA) is 66.8 Å². The molecule has 0 saturated heterocycles. The summed E-state index contributed by atoms with van der Waals surface area (Å²) in [5, 5.41) is 20.6. The summed E-state index contributed by atoms with van der Waals surface area (Å²) in [6.45, 7) is 6.67. The Balaban J connectivity index is 2.36. The van der Waals surface area contributed by atoms with Crippen LogP contribution in [0, 0.1) is 11.8 Å². The maximum Gasteiger partial charge on any atom is 0.308 e. The fraction of sp³-hybridized carbons (Fsp3) is 0.885. The Labute approximate surface area is 185 Å². The zero-order chi connectivity index (χ0) is 22.2. The summed E-state index contributed by atoms with van der Waals surface area (Å²) in [7, 11) is 0. The molecule has 0 heterocycles. The van der Waals surface area contributed by atoms with Crippen molar-refractivity contribution in [1.29, 1.82) is 0 Å². The molecule has 0 spiro atoms. The molecule has 2 N–H and O–H groups in total. The van der Waals surface area contributed by atoms with Gasteiger partial charge in [-0.3, -0.25) is 4.79 Å². The molecular weight excluding hydrogens is 376 g/mol. The molecule has 0 amide bonds. The second-order valence-corrected chi connectivity index (χ2v) is 9.11. The number of unbranched alkanes of at least 4 members (excludes halogenated alkanes) is 5. The molecule has 0 aromatic heterocycles. The maximum atomic E-state index is 12.1. The van der Waals surface area contributed by atoms with Gasteiger partial charge in [-0.15, -0.1) is 0 Å². The molecule has 1 rings (SSSR count). The normalized spacial score (nSPS) is 22.4. The van der Waals surface area contributed by atoms with E-state index in [9.17, 15) is 15.0 Å². The Kier molecular flexibility index (Phi) is 15.2. The molecule has 4 nitrogen and oxygen atoms in total. The van der Waals surface area contributed by atoms with Crippen molar-refractivity contribution in [3.05, 3.63) is 11.6 Å². The quantitative estimate of drug-likeness (QED) is 0.162. The van der Waals surface area contributed by atoms with Crippen molar-refractivity contribution < 1.29 is 19.7 Å². The van der Waals surface area contributed by atoms with E-state index >= 15 is 0 Å². The Hall–Kier alpha value is -0.870. The molecule has 1 saturated carbocycles. The largest absolute Gasteiger partial charge is 0.466 e. The van der Waals surface area contributed by atoms with Gasteiger partial charge in [0.15, 0.2) is 0 Å². The van der Waals surface area contributed by atoms with E-state index in [1.165, 1.54) is 18.4 Å². The number of aliphatic hydroxyl groups excluding tert-OH is 2. The lowest BCUT2D eigenvalue weighted by atomic mass is 9.91. The lowest BCUT2D eigenvalue weighted by molar-refractivity contribution is -0.148. The number of carbonyl (C=O) groups excluding carboxylic acids is 1. The standard InChI is InChI=1S/C26H48O4/c1-4-7-10-15-23(27)19-17-21-18-20-25(28)24(21)16-12-9-11-14-22(13-8-5-2)26(29)30-6-3/h17,22-25,27-28H,4-16,18-20H2,1-3H3/t22?,23?,24-,25+/m1/s1. The zero-order valence-electron chi connectivity index (χ0n) is 19.9. The van der Waals surface area contributed by atoms with E-state index in [1.54, 1.807) is 0 Å². The lowest BCUT2D eigenvalue weighted by Gasteiger charge is -2.18. The first-order valence-corrected chi connectivity index (χ1v) is 12.7. The van der Waals surface area contributed by atoms with Gasteiger partial charge < -0.3 is 14.9 Å². The van der Waals surface area contributed by atoms with Gasteiger partial charge in [-0.25, -0.2) is 0 Å². The van der Waals surface area contributed by atoms with E-state index in [0.717, 1.165) is 83.5 Å². The molecule has 2 unspecified atom stereocenters. The van der Waals surface area contributed by atoms with Crippen LogP contribution in [0.2, 0.25) is 0 Å². The molecule has 0 aromatic carbocycles. The number of hydrogen-bond donors (Lipinski definition) is 2. The Morgan fingerprint density at radius 2 is 1.73 bits per heavy atom. The number of rotatable bonds is 17. The van der Waals surface area contributed by atoms with Gasteiger partial charge in [0, 0.05) is 5.92 Å². The van der Waals surface area contributed by atoms with Crippen molar-refractivity contribution in [3.8, 4) is 0 Å². The first-order valence-electron chi connectivity index (χ1n) is 12.7. The SMILES string of the molecule is CCCCCC(O)CC=C1CC[C@H](O)[C@@H]1CCCCCC(CCCC)C(=O)OCC. The molecule has 1 aliphatic rings. The third kappa shape index (κ3) is 10.9. The zero-order valence-corrected chi connectivity index (χ0v) is 19.9. The van der Waals surface area contributed by atoms with Crippen LogP contribution in [0.25, 0.3) is 0 Å². The van der Waals surface area contributed by atoms with Crippen molar-refractivity contribution >= 4 is 5.97 Å². The Morgan fingerprint density at radius 3 is 2.43 bits per heavy atom. The van der Waals surface area contributed by atoms with Crippen molar-refractivity contribution in [2.45, 2.75) is 129 Å². The van der Waals surface area contributed by atoms with E-state index < -0.39 is 0 Å². The van der Waals surface area contributed by atoms with Crippen LogP contribution in [-0.2, 0) is 9.53 Å². The second kappa shape index (κ2) is 16.8. The summed E-state index contributed by atoms with van der Waals surface area (Å²) in [6, 6.07) is 0. The molecule has 1 aliphatic carbocycles. The highest BCUT2D eigenvalue weighted by Gasteiger charge is 2.29. The van der Waals surface area contributed by atoms with Gasteiger partial charge in [-0.05, 0) is 51.9 Å². The van der Waals surface area contributed by atoms with Gasteiger partial charge in [0.2, 0.25) is 0 Å². The smallest absolute Gasteiger partial charge is 0.308 e. The highest BCUT2D eigenvalue weighted by atomic mass is 16.5. The summed E-state index contributed by atoms with van der Waals surface area (Å²) in [6.07, 6.45) is 16.9. The van der Waals surface area contributed by atoms with Gasteiger partial charge in [-0.1, -0.05) is 76.9 Å². The van der Waals surface area contributed by atoms with Gasteiger partial charge >= 0.3 is 5.97 Å². The fourth-order valence-electron chi connectivity index (χ4n) is 4.64. The van der Waals surface area contributed by atoms with Gasteiger partial charge in [0.05, 0.1) is 24.7 Å². The van der Waals surface area contributed by atoms with Crippen LogP contribution in [0.15, 0.2) is 11.6 Å². The van der Waals surface area contributed by atoms with Crippen LogP contribution in [0.1, 0.15) is 117 Å².